The summed E-state index contributed by atoms with van der Waals surface area (Å²) in [6.45, 7) is 8.35. The molecule has 0 aliphatic heterocycles. The maximum absolute atomic E-state index is 11.9. The fraction of sp³-hybridized carbons (Fsp3) is 0.400. The molecule has 0 bridgehead atoms. The molecule has 0 aliphatic rings. The molecule has 0 radical (unpaired) electrons. The van der Waals surface area contributed by atoms with E-state index in [1.165, 1.54) is 0 Å². The van der Waals surface area contributed by atoms with Gasteiger partial charge < -0.3 is 9.47 Å². The highest BCUT2D eigenvalue weighted by molar-refractivity contribution is 5.75. The van der Waals surface area contributed by atoms with Gasteiger partial charge in [-0.05, 0) is 25.8 Å². The van der Waals surface area contributed by atoms with Crippen molar-refractivity contribution in [3.8, 4) is 0 Å². The van der Waals surface area contributed by atoms with Gasteiger partial charge in [0.1, 0.15) is 11.7 Å². The summed E-state index contributed by atoms with van der Waals surface area (Å²) in [5, 5.41) is 0. The first-order chi connectivity index (χ1) is 8.69. The third-order valence-corrected chi connectivity index (χ3v) is 2.57. The lowest BCUT2D eigenvalue weighted by Crippen LogP contribution is -2.23. The van der Waals surface area contributed by atoms with Crippen molar-refractivity contribution >= 4 is 5.97 Å². The summed E-state index contributed by atoms with van der Waals surface area (Å²) in [5.74, 6) is -0.244. The van der Waals surface area contributed by atoms with Crippen LogP contribution in [0.5, 0.6) is 0 Å². The summed E-state index contributed by atoms with van der Waals surface area (Å²) >= 11 is 0. The van der Waals surface area contributed by atoms with E-state index in [1.54, 1.807) is 6.92 Å². The maximum Gasteiger partial charge on any atom is 0.316 e. The molecule has 0 aliphatic carbocycles. The van der Waals surface area contributed by atoms with Crippen molar-refractivity contribution in [2.45, 2.75) is 20.3 Å². The highest BCUT2D eigenvalue weighted by Crippen LogP contribution is 2.18. The average Bonchev–Trinajstić information content (AvgIpc) is 2.37. The molecule has 0 saturated carbocycles. The van der Waals surface area contributed by atoms with Crippen LogP contribution in [0.2, 0.25) is 0 Å². The van der Waals surface area contributed by atoms with Crippen LogP contribution in [0.25, 0.3) is 0 Å². The van der Waals surface area contributed by atoms with Crippen molar-refractivity contribution in [2.75, 3.05) is 13.2 Å². The Morgan fingerprint density at radius 3 is 2.33 bits per heavy atom. The molecule has 0 aromatic heterocycles. The van der Waals surface area contributed by atoms with Crippen LogP contribution in [-0.4, -0.2) is 19.2 Å². The Hall–Kier alpha value is -1.77. The molecule has 0 saturated heterocycles. The average molecular weight is 248 g/mol. The van der Waals surface area contributed by atoms with Gasteiger partial charge in [-0.3, -0.25) is 4.79 Å². The Labute approximate surface area is 108 Å². The summed E-state index contributed by atoms with van der Waals surface area (Å²) in [4.78, 5) is 11.9. The summed E-state index contributed by atoms with van der Waals surface area (Å²) in [6.07, 6.45) is 0.554. The van der Waals surface area contributed by atoms with E-state index in [2.05, 4.69) is 6.58 Å². The molecule has 0 fully saturated rings. The Kier molecular flexibility index (Phi) is 5.98. The van der Waals surface area contributed by atoms with Gasteiger partial charge in [-0.25, -0.2) is 0 Å². The van der Waals surface area contributed by atoms with E-state index < -0.39 is 5.92 Å². The molecule has 0 amide bonds. The number of hydrogen-bond acceptors (Lipinski definition) is 3. The van der Waals surface area contributed by atoms with Crippen LogP contribution < -0.4 is 0 Å². The van der Waals surface area contributed by atoms with Gasteiger partial charge in [0.05, 0.1) is 13.2 Å². The van der Waals surface area contributed by atoms with E-state index >= 15 is 0 Å². The highest BCUT2D eigenvalue weighted by Gasteiger charge is 2.24. The molecule has 1 aromatic carbocycles. The van der Waals surface area contributed by atoms with Crippen LogP contribution in [0.15, 0.2) is 42.7 Å². The van der Waals surface area contributed by atoms with Crippen molar-refractivity contribution in [2.24, 2.45) is 5.92 Å². The van der Waals surface area contributed by atoms with Crippen molar-refractivity contribution in [3.05, 3.63) is 48.2 Å². The van der Waals surface area contributed by atoms with Gasteiger partial charge in [0.25, 0.3) is 0 Å². The largest absolute Gasteiger partial charge is 0.498 e. The quantitative estimate of drug-likeness (QED) is 0.549. The van der Waals surface area contributed by atoms with E-state index in [9.17, 15) is 4.79 Å². The zero-order valence-electron chi connectivity index (χ0n) is 11.0. The normalized spacial score (nSPS) is 11.7. The van der Waals surface area contributed by atoms with E-state index in [4.69, 9.17) is 9.47 Å². The van der Waals surface area contributed by atoms with Gasteiger partial charge in [0.15, 0.2) is 0 Å². The summed E-state index contributed by atoms with van der Waals surface area (Å²) in [5.41, 5.74) is 1.07. The van der Waals surface area contributed by atoms with Crippen molar-refractivity contribution in [1.29, 1.82) is 0 Å². The Balaban J connectivity index is 2.77. The lowest BCUT2D eigenvalue weighted by atomic mass is 9.98. The van der Waals surface area contributed by atoms with E-state index in [-0.39, 0.29) is 5.97 Å². The van der Waals surface area contributed by atoms with E-state index in [0.29, 0.717) is 25.4 Å². The summed E-state index contributed by atoms with van der Waals surface area (Å²) in [6, 6.07) is 9.79. The fourth-order valence-electron chi connectivity index (χ4n) is 1.71. The van der Waals surface area contributed by atoms with E-state index in [0.717, 1.165) is 5.56 Å². The lowest BCUT2D eigenvalue weighted by Gasteiger charge is -2.18. The second kappa shape index (κ2) is 7.54. The van der Waals surface area contributed by atoms with Gasteiger partial charge in [-0.2, -0.15) is 0 Å². The minimum Gasteiger partial charge on any atom is -0.498 e. The molecule has 3 nitrogen and oxygen atoms in total. The van der Waals surface area contributed by atoms with Gasteiger partial charge >= 0.3 is 5.97 Å². The smallest absolute Gasteiger partial charge is 0.316 e. The topological polar surface area (TPSA) is 35.5 Å². The lowest BCUT2D eigenvalue weighted by molar-refractivity contribution is -0.147. The minimum atomic E-state index is -0.438. The molecule has 98 valence electrons. The van der Waals surface area contributed by atoms with E-state index in [1.807, 2.05) is 37.3 Å². The van der Waals surface area contributed by atoms with Gasteiger partial charge in [-0.1, -0.05) is 36.9 Å². The molecule has 1 unspecified atom stereocenters. The first-order valence-corrected chi connectivity index (χ1v) is 6.21. The monoisotopic (exact) mass is 248 g/mol. The molecule has 0 N–H and O–H groups in total. The van der Waals surface area contributed by atoms with Crippen LogP contribution in [0.4, 0.5) is 0 Å². The maximum atomic E-state index is 11.9. The molecule has 3 heteroatoms. The third-order valence-electron chi connectivity index (χ3n) is 2.57. The number of carbonyl (C=O) groups excluding carboxylic acids is 1. The fourth-order valence-corrected chi connectivity index (χ4v) is 1.71. The van der Waals surface area contributed by atoms with Crippen LogP contribution in [0.1, 0.15) is 19.4 Å². The molecular weight excluding hydrogens is 228 g/mol. The van der Waals surface area contributed by atoms with Crippen molar-refractivity contribution < 1.29 is 14.3 Å². The minimum absolute atomic E-state index is 0.278. The summed E-state index contributed by atoms with van der Waals surface area (Å²) in [7, 11) is 0. The van der Waals surface area contributed by atoms with Crippen LogP contribution >= 0.6 is 0 Å². The zero-order chi connectivity index (χ0) is 13.4. The first kappa shape index (κ1) is 14.3. The SMILES string of the molecule is C=C(OCC)C(Cc1ccccc1)C(=O)OCC. The number of ether oxygens (including phenoxy) is 2. The second-order valence-corrected chi connectivity index (χ2v) is 3.89. The number of esters is 1. The predicted octanol–water partition coefficient (Wildman–Crippen LogP) is 2.96. The van der Waals surface area contributed by atoms with Gasteiger partial charge in [0.2, 0.25) is 0 Å². The molecule has 0 spiro atoms. The van der Waals surface area contributed by atoms with Crippen molar-refractivity contribution in [3.63, 3.8) is 0 Å². The number of carbonyl (C=O) groups is 1. The molecule has 18 heavy (non-hydrogen) atoms. The molecule has 1 rings (SSSR count). The molecule has 1 aromatic rings. The van der Waals surface area contributed by atoms with Gasteiger partial charge in [-0.15, -0.1) is 0 Å². The Morgan fingerprint density at radius 1 is 1.17 bits per heavy atom. The second-order valence-electron chi connectivity index (χ2n) is 3.89. The predicted molar refractivity (Wildman–Crippen MR) is 71.0 cm³/mol. The highest BCUT2D eigenvalue weighted by atomic mass is 16.5. The number of rotatable bonds is 7. The molecular formula is C15H20O3. The summed E-state index contributed by atoms with van der Waals surface area (Å²) < 4.78 is 10.4. The first-order valence-electron chi connectivity index (χ1n) is 6.21. The van der Waals surface area contributed by atoms with Crippen LogP contribution in [-0.2, 0) is 20.7 Å². The Bertz CT molecular complexity index is 366. The van der Waals surface area contributed by atoms with Gasteiger partial charge in [0, 0.05) is 0 Å². The standard InChI is InChI=1S/C15H20O3/c1-4-17-12(3)14(15(16)18-5-2)11-13-9-7-6-8-10-13/h6-10,14H,3-5,11H2,1-2H3. The number of benzene rings is 1. The Morgan fingerprint density at radius 2 is 1.78 bits per heavy atom. The number of hydrogen-bond donors (Lipinski definition) is 0. The molecule has 1 atom stereocenters. The zero-order valence-corrected chi connectivity index (χ0v) is 11.0. The van der Waals surface area contributed by atoms with Crippen molar-refractivity contribution in [1.82, 2.24) is 0 Å². The van der Waals surface area contributed by atoms with Crippen LogP contribution in [0, 0.1) is 5.92 Å². The third kappa shape index (κ3) is 4.24. The molecule has 0 heterocycles. The van der Waals surface area contributed by atoms with Crippen LogP contribution in [0.3, 0.4) is 0 Å².